The summed E-state index contributed by atoms with van der Waals surface area (Å²) in [7, 11) is 0. The van der Waals surface area contributed by atoms with Gasteiger partial charge in [0.05, 0.1) is 12.0 Å². The number of aryl methyl sites for hydroxylation is 1. The molecule has 98 valence electrons. The molecule has 3 heteroatoms. The summed E-state index contributed by atoms with van der Waals surface area (Å²) >= 11 is 0. The second kappa shape index (κ2) is 6.50. The van der Waals surface area contributed by atoms with Gasteiger partial charge in [0.25, 0.3) is 0 Å². The Morgan fingerprint density at radius 3 is 2.58 bits per heavy atom. The number of rotatable bonds is 6. The second-order valence-corrected chi connectivity index (χ2v) is 4.11. The van der Waals surface area contributed by atoms with E-state index in [0.717, 1.165) is 5.56 Å². The summed E-state index contributed by atoms with van der Waals surface area (Å²) in [6.07, 6.45) is 4.04. The molecule has 0 aliphatic rings. The van der Waals surface area contributed by atoms with E-state index in [1.807, 2.05) is 6.92 Å². The number of benzene rings is 1. The number of aromatic hydroxyl groups is 1. The molecule has 0 aliphatic heterocycles. The van der Waals surface area contributed by atoms with Gasteiger partial charge in [-0.3, -0.25) is 9.59 Å². The van der Waals surface area contributed by atoms with Gasteiger partial charge in [0.1, 0.15) is 5.75 Å². The minimum atomic E-state index is -0.414. The van der Waals surface area contributed by atoms with Gasteiger partial charge in [0.2, 0.25) is 0 Å². The minimum Gasteiger partial charge on any atom is -0.507 e. The SMILES string of the molecule is C=C/C=C(\C=C)C(=O)CC(=O)c1cc(C)ccc1O. The number of hydrogen-bond donors (Lipinski definition) is 1. The van der Waals surface area contributed by atoms with E-state index in [1.165, 1.54) is 24.3 Å². The number of ketones is 2. The first-order valence-electron chi connectivity index (χ1n) is 5.80. The van der Waals surface area contributed by atoms with Crippen LogP contribution in [0.2, 0.25) is 0 Å². The van der Waals surface area contributed by atoms with Crippen LogP contribution in [0.4, 0.5) is 0 Å². The van der Waals surface area contributed by atoms with Crippen LogP contribution in [-0.4, -0.2) is 16.7 Å². The number of phenols is 1. The molecule has 1 N–H and O–H groups in total. The maximum atomic E-state index is 12.0. The van der Waals surface area contributed by atoms with Crippen LogP contribution in [0.3, 0.4) is 0 Å². The van der Waals surface area contributed by atoms with Gasteiger partial charge in [-0.1, -0.05) is 43.0 Å². The summed E-state index contributed by atoms with van der Waals surface area (Å²) in [5.41, 5.74) is 1.34. The largest absolute Gasteiger partial charge is 0.507 e. The lowest BCUT2D eigenvalue weighted by atomic mass is 9.99. The Morgan fingerprint density at radius 1 is 1.32 bits per heavy atom. The molecule has 0 unspecified atom stereocenters. The monoisotopic (exact) mass is 256 g/mol. The Labute approximate surface area is 112 Å². The Bertz CT molecular complexity index is 565. The summed E-state index contributed by atoms with van der Waals surface area (Å²) in [5.74, 6) is -0.875. The average molecular weight is 256 g/mol. The molecule has 0 heterocycles. The molecule has 19 heavy (non-hydrogen) atoms. The standard InChI is InChI=1S/C16H16O3/c1-4-6-12(5-2)15(18)10-16(19)13-9-11(3)7-8-14(13)17/h4-9,17H,1-2,10H2,3H3/b12-6+. The van der Waals surface area contributed by atoms with Crippen LogP contribution in [0.1, 0.15) is 22.3 Å². The molecule has 0 aromatic heterocycles. The Hall–Kier alpha value is -2.42. The van der Waals surface area contributed by atoms with Crippen molar-refractivity contribution in [1.82, 2.24) is 0 Å². The summed E-state index contributed by atoms with van der Waals surface area (Å²) in [6, 6.07) is 4.71. The lowest BCUT2D eigenvalue weighted by molar-refractivity contribution is -0.114. The van der Waals surface area contributed by atoms with Crippen molar-refractivity contribution in [2.75, 3.05) is 0 Å². The fourth-order valence-electron chi connectivity index (χ4n) is 1.62. The van der Waals surface area contributed by atoms with E-state index in [9.17, 15) is 14.7 Å². The molecular formula is C16H16O3. The summed E-state index contributed by atoms with van der Waals surface area (Å²) in [5, 5.41) is 9.63. The highest BCUT2D eigenvalue weighted by atomic mass is 16.3. The van der Waals surface area contributed by atoms with Crippen molar-refractivity contribution in [3.8, 4) is 5.75 Å². The van der Waals surface area contributed by atoms with Gasteiger partial charge >= 0.3 is 0 Å². The average Bonchev–Trinajstić information content (AvgIpc) is 2.38. The molecule has 0 atom stereocenters. The quantitative estimate of drug-likeness (QED) is 0.368. The fourth-order valence-corrected chi connectivity index (χ4v) is 1.62. The lowest BCUT2D eigenvalue weighted by Gasteiger charge is -2.05. The molecule has 1 aromatic carbocycles. The zero-order chi connectivity index (χ0) is 14.4. The second-order valence-electron chi connectivity index (χ2n) is 4.11. The van der Waals surface area contributed by atoms with Crippen LogP contribution in [0.15, 0.2) is 55.2 Å². The van der Waals surface area contributed by atoms with Crippen molar-refractivity contribution in [2.45, 2.75) is 13.3 Å². The molecule has 0 fully saturated rings. The molecule has 0 bridgehead atoms. The van der Waals surface area contributed by atoms with E-state index in [4.69, 9.17) is 0 Å². The van der Waals surface area contributed by atoms with Crippen LogP contribution in [0, 0.1) is 6.92 Å². The topological polar surface area (TPSA) is 54.4 Å². The van der Waals surface area contributed by atoms with Gasteiger partial charge in [0, 0.05) is 5.57 Å². The summed E-state index contributed by atoms with van der Waals surface area (Å²) in [6.45, 7) is 8.82. The van der Waals surface area contributed by atoms with Gasteiger partial charge in [0.15, 0.2) is 11.6 Å². The lowest BCUT2D eigenvalue weighted by Crippen LogP contribution is -2.10. The van der Waals surface area contributed by atoms with Crippen LogP contribution >= 0.6 is 0 Å². The molecule has 0 radical (unpaired) electrons. The van der Waals surface area contributed by atoms with Crippen LogP contribution < -0.4 is 0 Å². The molecule has 0 spiro atoms. The van der Waals surface area contributed by atoms with Crippen molar-refractivity contribution in [1.29, 1.82) is 0 Å². The van der Waals surface area contributed by atoms with E-state index in [0.29, 0.717) is 5.57 Å². The number of carbonyl (C=O) groups is 2. The molecular weight excluding hydrogens is 240 g/mol. The smallest absolute Gasteiger partial charge is 0.174 e. The number of phenolic OH excluding ortho intramolecular Hbond substituents is 1. The third-order valence-electron chi connectivity index (χ3n) is 2.61. The van der Waals surface area contributed by atoms with E-state index in [-0.39, 0.29) is 23.5 Å². The predicted molar refractivity (Wildman–Crippen MR) is 75.3 cm³/mol. The maximum absolute atomic E-state index is 12.0. The summed E-state index contributed by atoms with van der Waals surface area (Å²) < 4.78 is 0. The first-order valence-corrected chi connectivity index (χ1v) is 5.80. The van der Waals surface area contributed by atoms with Gasteiger partial charge in [-0.25, -0.2) is 0 Å². The van der Waals surface area contributed by atoms with Gasteiger partial charge in [-0.2, -0.15) is 0 Å². The van der Waals surface area contributed by atoms with E-state index in [2.05, 4.69) is 13.2 Å². The van der Waals surface area contributed by atoms with Crippen LogP contribution in [-0.2, 0) is 4.79 Å². The van der Waals surface area contributed by atoms with Crippen molar-refractivity contribution in [2.24, 2.45) is 0 Å². The third kappa shape index (κ3) is 3.78. The molecule has 1 aromatic rings. The van der Waals surface area contributed by atoms with Gasteiger partial charge < -0.3 is 5.11 Å². The van der Waals surface area contributed by atoms with Crippen LogP contribution in [0.5, 0.6) is 5.75 Å². The Balaban J connectivity index is 2.94. The number of allylic oxidation sites excluding steroid dienone is 4. The van der Waals surface area contributed by atoms with E-state index < -0.39 is 5.78 Å². The van der Waals surface area contributed by atoms with Crippen LogP contribution in [0.25, 0.3) is 0 Å². The number of carbonyl (C=O) groups excluding carboxylic acids is 2. The number of Topliss-reactive ketones (excluding diaryl/α,β-unsaturated/α-hetero) is 2. The molecule has 1 rings (SSSR count). The van der Waals surface area contributed by atoms with Crippen molar-refractivity contribution in [3.05, 3.63) is 66.3 Å². The summed E-state index contributed by atoms with van der Waals surface area (Å²) in [4.78, 5) is 23.8. The number of hydrogen-bond acceptors (Lipinski definition) is 3. The fraction of sp³-hybridized carbons (Fsp3) is 0.125. The Morgan fingerprint density at radius 2 is 2.00 bits per heavy atom. The highest BCUT2D eigenvalue weighted by Gasteiger charge is 2.16. The predicted octanol–water partition coefficient (Wildman–Crippen LogP) is 3.14. The van der Waals surface area contributed by atoms with E-state index >= 15 is 0 Å². The van der Waals surface area contributed by atoms with Crippen molar-refractivity contribution in [3.63, 3.8) is 0 Å². The zero-order valence-electron chi connectivity index (χ0n) is 10.8. The Kier molecular flexibility index (Phi) is 5.01. The highest BCUT2D eigenvalue weighted by molar-refractivity contribution is 6.15. The van der Waals surface area contributed by atoms with Gasteiger partial charge in [-0.15, -0.1) is 0 Å². The zero-order valence-corrected chi connectivity index (χ0v) is 10.8. The molecule has 0 saturated carbocycles. The third-order valence-corrected chi connectivity index (χ3v) is 2.61. The minimum absolute atomic E-state index is 0.115. The van der Waals surface area contributed by atoms with E-state index in [1.54, 1.807) is 12.1 Å². The first-order chi connectivity index (χ1) is 8.99. The van der Waals surface area contributed by atoms with Crippen molar-refractivity contribution >= 4 is 11.6 Å². The highest BCUT2D eigenvalue weighted by Crippen LogP contribution is 2.20. The van der Waals surface area contributed by atoms with Crippen molar-refractivity contribution < 1.29 is 14.7 Å². The maximum Gasteiger partial charge on any atom is 0.174 e. The molecule has 3 nitrogen and oxygen atoms in total. The normalized spacial score (nSPS) is 10.9. The first kappa shape index (κ1) is 14.6. The van der Waals surface area contributed by atoms with Gasteiger partial charge in [-0.05, 0) is 19.1 Å². The molecule has 0 aliphatic carbocycles. The molecule has 0 saturated heterocycles. The molecule has 0 amide bonds.